The predicted molar refractivity (Wildman–Crippen MR) is 117 cm³/mol. The molecule has 4 rings (SSSR count). The first-order chi connectivity index (χ1) is 14.7. The number of rotatable bonds is 7. The minimum atomic E-state index is -0.277. The molecule has 30 heavy (non-hydrogen) atoms. The molecule has 2 aromatic heterocycles. The summed E-state index contributed by atoms with van der Waals surface area (Å²) in [4.78, 5) is 34.1. The molecule has 0 saturated heterocycles. The number of hydrogen-bond donors (Lipinski definition) is 0. The Hall–Kier alpha value is -2.93. The van der Waals surface area contributed by atoms with E-state index in [0.29, 0.717) is 22.9 Å². The van der Waals surface area contributed by atoms with Gasteiger partial charge in [-0.25, -0.2) is 4.79 Å². The van der Waals surface area contributed by atoms with E-state index in [1.54, 1.807) is 42.1 Å². The monoisotopic (exact) mass is 421 g/mol. The van der Waals surface area contributed by atoms with Crippen LogP contribution in [-0.4, -0.2) is 33.2 Å². The van der Waals surface area contributed by atoms with Gasteiger partial charge in [-0.3, -0.25) is 14.3 Å². The predicted octanol–water partition coefficient (Wildman–Crippen LogP) is 3.55. The second kappa shape index (κ2) is 9.26. The van der Waals surface area contributed by atoms with E-state index in [0.717, 1.165) is 42.6 Å². The van der Waals surface area contributed by atoms with E-state index in [9.17, 15) is 9.59 Å². The number of nitrogens with zero attached hydrogens (tertiary/aromatic N) is 3. The van der Waals surface area contributed by atoms with Crippen LogP contribution in [0.5, 0.6) is 5.75 Å². The summed E-state index contributed by atoms with van der Waals surface area (Å²) in [5.41, 5.74) is 3.32. The minimum absolute atomic E-state index is 0.00618. The van der Waals surface area contributed by atoms with Crippen molar-refractivity contribution in [3.05, 3.63) is 81.7 Å². The smallest absolute Gasteiger partial charge is 0.349 e. The van der Waals surface area contributed by atoms with Crippen molar-refractivity contribution in [3.8, 4) is 5.75 Å². The van der Waals surface area contributed by atoms with Gasteiger partial charge in [0.1, 0.15) is 10.8 Å². The summed E-state index contributed by atoms with van der Waals surface area (Å²) in [6.45, 7) is 0.421. The van der Waals surface area contributed by atoms with Crippen LogP contribution in [0.1, 0.15) is 40.2 Å². The van der Waals surface area contributed by atoms with Crippen molar-refractivity contribution in [2.75, 3.05) is 12.9 Å². The van der Waals surface area contributed by atoms with E-state index in [2.05, 4.69) is 9.97 Å². The van der Waals surface area contributed by atoms with Crippen molar-refractivity contribution >= 4 is 17.5 Å². The Morgan fingerprint density at radius 2 is 1.93 bits per heavy atom. The first-order valence-electron chi connectivity index (χ1n) is 9.98. The molecule has 0 bridgehead atoms. The maximum Gasteiger partial charge on any atom is 0.349 e. The van der Waals surface area contributed by atoms with Crippen LogP contribution in [0, 0.1) is 0 Å². The number of Topliss-reactive ketones (excluding diaryl/α,β-unsaturated/α-hetero) is 1. The van der Waals surface area contributed by atoms with Gasteiger partial charge in [0.2, 0.25) is 0 Å². The molecule has 0 fully saturated rings. The average molecular weight is 422 g/mol. The maximum atomic E-state index is 12.8. The normalized spacial score (nSPS) is 13.0. The molecule has 0 atom stereocenters. The van der Waals surface area contributed by atoms with Crippen molar-refractivity contribution in [2.45, 2.75) is 37.3 Å². The Morgan fingerprint density at radius 1 is 1.13 bits per heavy atom. The van der Waals surface area contributed by atoms with Crippen LogP contribution in [0.3, 0.4) is 0 Å². The van der Waals surface area contributed by atoms with Gasteiger partial charge in [-0.05, 0) is 62.1 Å². The molecule has 0 amide bonds. The number of methoxy groups -OCH3 is 1. The maximum absolute atomic E-state index is 12.8. The Bertz CT molecular complexity index is 1100. The third-order valence-corrected chi connectivity index (χ3v) is 6.27. The van der Waals surface area contributed by atoms with Crippen LogP contribution in [0.4, 0.5) is 0 Å². The summed E-state index contributed by atoms with van der Waals surface area (Å²) < 4.78 is 6.88. The number of carbonyl (C=O) groups excluding carboxylic acids is 1. The molecule has 1 aliphatic carbocycles. The van der Waals surface area contributed by atoms with Crippen LogP contribution in [0.2, 0.25) is 0 Å². The lowest BCUT2D eigenvalue weighted by molar-refractivity contribution is 0.102. The van der Waals surface area contributed by atoms with Crippen LogP contribution >= 0.6 is 11.8 Å². The first-order valence-corrected chi connectivity index (χ1v) is 11.0. The van der Waals surface area contributed by atoms with Gasteiger partial charge in [-0.1, -0.05) is 17.8 Å². The highest BCUT2D eigenvalue weighted by atomic mass is 32.2. The number of fused-ring (bicyclic) bond motifs is 1. The number of ketones is 1. The summed E-state index contributed by atoms with van der Waals surface area (Å²) in [5, 5.41) is 0.689. The summed E-state index contributed by atoms with van der Waals surface area (Å²) in [7, 11) is 1.59. The summed E-state index contributed by atoms with van der Waals surface area (Å²) in [6, 6.07) is 12.8. The van der Waals surface area contributed by atoms with Gasteiger partial charge >= 0.3 is 5.69 Å². The Labute approximate surface area is 179 Å². The number of pyridine rings is 1. The van der Waals surface area contributed by atoms with Gasteiger partial charge in [0.05, 0.1) is 25.1 Å². The molecule has 7 heteroatoms. The van der Waals surface area contributed by atoms with E-state index in [1.165, 1.54) is 11.8 Å². The molecule has 1 aliphatic rings. The highest BCUT2D eigenvalue weighted by Crippen LogP contribution is 2.29. The summed E-state index contributed by atoms with van der Waals surface area (Å²) >= 11 is 1.36. The molecule has 2 heterocycles. The number of ether oxygens (including phenoxy) is 1. The quantitative estimate of drug-likeness (QED) is 0.330. The summed E-state index contributed by atoms with van der Waals surface area (Å²) in [6.07, 6.45) is 5.57. The largest absolute Gasteiger partial charge is 0.497 e. The third-order valence-electron chi connectivity index (χ3n) is 5.25. The van der Waals surface area contributed by atoms with Gasteiger partial charge in [-0.15, -0.1) is 0 Å². The molecule has 3 aromatic rings. The lowest BCUT2D eigenvalue weighted by Gasteiger charge is -2.22. The highest BCUT2D eigenvalue weighted by Gasteiger charge is 2.21. The van der Waals surface area contributed by atoms with Crippen molar-refractivity contribution in [2.24, 2.45) is 0 Å². The van der Waals surface area contributed by atoms with E-state index in [1.807, 2.05) is 18.2 Å². The van der Waals surface area contributed by atoms with Gasteiger partial charge in [-0.2, -0.15) is 4.98 Å². The van der Waals surface area contributed by atoms with Crippen molar-refractivity contribution in [1.29, 1.82) is 0 Å². The number of aromatic nitrogens is 3. The van der Waals surface area contributed by atoms with Gasteiger partial charge < -0.3 is 4.74 Å². The second-order valence-electron chi connectivity index (χ2n) is 7.18. The molecule has 0 saturated carbocycles. The molecular formula is C23H23N3O3S. The van der Waals surface area contributed by atoms with Gasteiger partial charge in [0.25, 0.3) is 0 Å². The van der Waals surface area contributed by atoms with Crippen LogP contribution < -0.4 is 10.4 Å². The Kier molecular flexibility index (Phi) is 6.28. The molecule has 0 spiro atoms. The van der Waals surface area contributed by atoms with E-state index >= 15 is 0 Å². The van der Waals surface area contributed by atoms with Crippen LogP contribution in [0.15, 0.2) is 58.5 Å². The number of carbonyl (C=O) groups is 1. The first kappa shape index (κ1) is 20.3. The van der Waals surface area contributed by atoms with Crippen LogP contribution in [0.25, 0.3) is 0 Å². The van der Waals surface area contributed by atoms with E-state index in [4.69, 9.17) is 4.74 Å². The van der Waals surface area contributed by atoms with Crippen molar-refractivity contribution in [3.63, 3.8) is 0 Å². The van der Waals surface area contributed by atoms with Crippen LogP contribution in [-0.2, 0) is 19.4 Å². The molecule has 0 unspecified atom stereocenters. The van der Waals surface area contributed by atoms with Gasteiger partial charge in [0.15, 0.2) is 5.78 Å². The zero-order chi connectivity index (χ0) is 20.9. The molecule has 6 nitrogen and oxygen atoms in total. The van der Waals surface area contributed by atoms with E-state index < -0.39 is 0 Å². The van der Waals surface area contributed by atoms with Crippen molar-refractivity contribution < 1.29 is 9.53 Å². The molecular weight excluding hydrogens is 398 g/mol. The van der Waals surface area contributed by atoms with Gasteiger partial charge in [0, 0.05) is 23.0 Å². The lowest BCUT2D eigenvalue weighted by atomic mass is 9.97. The second-order valence-corrected chi connectivity index (χ2v) is 8.14. The fraction of sp³-hybridized carbons (Fsp3) is 0.304. The summed E-state index contributed by atoms with van der Waals surface area (Å²) in [5.74, 6) is 0.966. The Morgan fingerprint density at radius 3 is 2.67 bits per heavy atom. The zero-order valence-corrected chi connectivity index (χ0v) is 17.7. The average Bonchev–Trinajstić information content (AvgIpc) is 2.80. The number of benzene rings is 1. The minimum Gasteiger partial charge on any atom is -0.497 e. The highest BCUT2D eigenvalue weighted by molar-refractivity contribution is 8.00. The lowest BCUT2D eigenvalue weighted by Crippen LogP contribution is -2.31. The molecule has 0 aliphatic heterocycles. The molecule has 0 N–H and O–H groups in total. The molecule has 0 radical (unpaired) electrons. The SMILES string of the molecule is COc1ccc(C(=O)CSc2nc(=O)n(Cc3ccccn3)c3c2CCCC3)cc1. The van der Waals surface area contributed by atoms with E-state index in [-0.39, 0.29) is 17.2 Å². The topological polar surface area (TPSA) is 74.1 Å². The number of thioether (sulfide) groups is 1. The third kappa shape index (κ3) is 4.46. The standard InChI is InChI=1S/C23H23N3O3S/c1-29-18-11-9-16(10-12-18)21(27)15-30-22-19-7-2-3-8-20(19)26(23(28)25-22)14-17-6-4-5-13-24-17/h4-6,9-13H,2-3,7-8,14-15H2,1H3. The molecule has 154 valence electrons. The fourth-order valence-corrected chi connectivity index (χ4v) is 4.65. The zero-order valence-electron chi connectivity index (χ0n) is 16.8. The number of hydrogen-bond acceptors (Lipinski definition) is 6. The fourth-order valence-electron chi connectivity index (χ4n) is 3.68. The molecule has 1 aromatic carbocycles. The van der Waals surface area contributed by atoms with Crippen molar-refractivity contribution in [1.82, 2.24) is 14.5 Å². The Balaban J connectivity index is 1.57.